The highest BCUT2D eigenvalue weighted by molar-refractivity contribution is 7.99. The zero-order valence-corrected chi connectivity index (χ0v) is 12.0. The highest BCUT2D eigenvalue weighted by Gasteiger charge is 2.07. The summed E-state index contributed by atoms with van der Waals surface area (Å²) in [6.45, 7) is 4.29. The van der Waals surface area contributed by atoms with Crippen molar-refractivity contribution in [3.8, 4) is 0 Å². The quantitative estimate of drug-likeness (QED) is 0.789. The molecule has 0 atom stereocenters. The van der Waals surface area contributed by atoms with Gasteiger partial charge in [-0.05, 0) is 30.3 Å². The van der Waals surface area contributed by atoms with Crippen molar-refractivity contribution in [3.63, 3.8) is 0 Å². The predicted molar refractivity (Wildman–Crippen MR) is 75.4 cm³/mol. The minimum absolute atomic E-state index is 0.682. The van der Waals surface area contributed by atoms with E-state index in [-0.39, 0.29) is 0 Å². The first-order chi connectivity index (χ1) is 9.29. The molecule has 0 saturated carbocycles. The first-order valence-corrected chi connectivity index (χ1v) is 6.99. The van der Waals surface area contributed by atoms with Crippen molar-refractivity contribution in [2.45, 2.75) is 23.6 Å². The van der Waals surface area contributed by atoms with Gasteiger partial charge in [-0.25, -0.2) is 4.98 Å². The molecule has 0 fully saturated rings. The number of oxazole rings is 1. The van der Waals surface area contributed by atoms with E-state index in [0.717, 1.165) is 23.7 Å². The summed E-state index contributed by atoms with van der Waals surface area (Å²) in [7, 11) is 1.70. The fourth-order valence-electron chi connectivity index (χ4n) is 1.62. The number of aromatic nitrogens is 1. The van der Waals surface area contributed by atoms with Gasteiger partial charge in [0.2, 0.25) is 0 Å². The normalized spacial score (nSPS) is 10.8. The molecule has 2 rings (SSSR count). The standard InChI is InChI=1S/C14H18N2O2S/c1-11-10-18-14(16-11)19-13-6-4-3-5-12(13)9-15-7-8-17-2/h3-6,10,15H,7-9H2,1-2H3. The van der Waals surface area contributed by atoms with Crippen molar-refractivity contribution in [1.29, 1.82) is 0 Å². The molecule has 0 aliphatic carbocycles. The SMILES string of the molecule is COCCNCc1ccccc1Sc1nc(C)co1. The molecule has 0 spiro atoms. The lowest BCUT2D eigenvalue weighted by atomic mass is 10.2. The van der Waals surface area contributed by atoms with Crippen LogP contribution in [0.2, 0.25) is 0 Å². The lowest BCUT2D eigenvalue weighted by Gasteiger charge is -2.08. The minimum Gasteiger partial charge on any atom is -0.439 e. The smallest absolute Gasteiger partial charge is 0.260 e. The Kier molecular flexibility index (Phi) is 5.44. The Balaban J connectivity index is 1.99. The second-order valence-corrected chi connectivity index (χ2v) is 5.13. The summed E-state index contributed by atoms with van der Waals surface area (Å²) in [4.78, 5) is 5.47. The molecule has 0 unspecified atom stereocenters. The molecular weight excluding hydrogens is 260 g/mol. The van der Waals surface area contributed by atoms with Crippen molar-refractivity contribution in [3.05, 3.63) is 41.8 Å². The maximum absolute atomic E-state index is 5.38. The number of nitrogens with zero attached hydrogens (tertiary/aromatic N) is 1. The Morgan fingerprint density at radius 1 is 1.37 bits per heavy atom. The van der Waals surface area contributed by atoms with Crippen LogP contribution in [0, 0.1) is 6.92 Å². The van der Waals surface area contributed by atoms with Gasteiger partial charge in [0.15, 0.2) is 0 Å². The van der Waals surface area contributed by atoms with Crippen LogP contribution >= 0.6 is 11.8 Å². The van der Waals surface area contributed by atoms with Gasteiger partial charge >= 0.3 is 0 Å². The van der Waals surface area contributed by atoms with Gasteiger partial charge in [-0.1, -0.05) is 18.2 Å². The van der Waals surface area contributed by atoms with Gasteiger partial charge in [0, 0.05) is 25.1 Å². The number of rotatable bonds is 7. The fraction of sp³-hybridized carbons (Fsp3) is 0.357. The molecule has 2 aromatic rings. The molecule has 1 aromatic heterocycles. The Morgan fingerprint density at radius 3 is 2.95 bits per heavy atom. The summed E-state index contributed by atoms with van der Waals surface area (Å²) in [6.07, 6.45) is 1.67. The number of methoxy groups -OCH3 is 1. The molecule has 0 aliphatic heterocycles. The van der Waals surface area contributed by atoms with Crippen molar-refractivity contribution in [2.75, 3.05) is 20.3 Å². The largest absolute Gasteiger partial charge is 0.439 e. The van der Waals surface area contributed by atoms with Crippen LogP contribution in [0.5, 0.6) is 0 Å². The molecule has 0 amide bonds. The molecular formula is C14H18N2O2S. The van der Waals surface area contributed by atoms with Crippen LogP contribution in [-0.2, 0) is 11.3 Å². The number of hydrogen-bond acceptors (Lipinski definition) is 5. The van der Waals surface area contributed by atoms with E-state index in [9.17, 15) is 0 Å². The van der Waals surface area contributed by atoms with E-state index in [1.807, 2.05) is 19.1 Å². The van der Waals surface area contributed by atoms with Gasteiger partial charge in [-0.2, -0.15) is 0 Å². The van der Waals surface area contributed by atoms with Crippen molar-refractivity contribution >= 4 is 11.8 Å². The molecule has 102 valence electrons. The second kappa shape index (κ2) is 7.33. The Bertz CT molecular complexity index is 514. The van der Waals surface area contributed by atoms with Crippen LogP contribution in [0.25, 0.3) is 0 Å². The summed E-state index contributed by atoms with van der Waals surface area (Å²) in [6, 6.07) is 8.25. The minimum atomic E-state index is 0.682. The van der Waals surface area contributed by atoms with E-state index in [4.69, 9.17) is 9.15 Å². The summed E-state index contributed by atoms with van der Waals surface area (Å²) < 4.78 is 10.4. The molecule has 1 heterocycles. The zero-order valence-electron chi connectivity index (χ0n) is 11.2. The molecule has 0 radical (unpaired) electrons. The molecule has 19 heavy (non-hydrogen) atoms. The van der Waals surface area contributed by atoms with Crippen molar-refractivity contribution < 1.29 is 9.15 Å². The van der Waals surface area contributed by atoms with Crippen molar-refractivity contribution in [2.24, 2.45) is 0 Å². The monoisotopic (exact) mass is 278 g/mol. The molecule has 1 N–H and O–H groups in total. The van der Waals surface area contributed by atoms with E-state index < -0.39 is 0 Å². The number of nitrogens with one attached hydrogen (secondary N) is 1. The van der Waals surface area contributed by atoms with Crippen LogP contribution in [-0.4, -0.2) is 25.2 Å². The molecule has 1 aromatic carbocycles. The Morgan fingerprint density at radius 2 is 2.21 bits per heavy atom. The summed E-state index contributed by atoms with van der Waals surface area (Å²) >= 11 is 1.55. The molecule has 5 heteroatoms. The molecule has 0 saturated heterocycles. The van der Waals surface area contributed by atoms with Gasteiger partial charge in [-0.15, -0.1) is 0 Å². The second-order valence-electron chi connectivity index (χ2n) is 4.13. The fourth-order valence-corrected chi connectivity index (χ4v) is 2.51. The van der Waals surface area contributed by atoms with Crippen LogP contribution in [0.4, 0.5) is 0 Å². The number of aryl methyl sites for hydroxylation is 1. The van der Waals surface area contributed by atoms with E-state index in [0.29, 0.717) is 11.8 Å². The lowest BCUT2D eigenvalue weighted by molar-refractivity contribution is 0.199. The third-order valence-corrected chi connectivity index (χ3v) is 3.55. The van der Waals surface area contributed by atoms with Gasteiger partial charge < -0.3 is 14.5 Å². The van der Waals surface area contributed by atoms with Gasteiger partial charge in [0.1, 0.15) is 6.26 Å². The summed E-state index contributed by atoms with van der Waals surface area (Å²) in [5.74, 6) is 0. The first kappa shape index (κ1) is 14.1. The number of hydrogen-bond donors (Lipinski definition) is 1. The number of benzene rings is 1. The van der Waals surface area contributed by atoms with Crippen molar-refractivity contribution in [1.82, 2.24) is 10.3 Å². The van der Waals surface area contributed by atoms with E-state index in [1.54, 1.807) is 25.1 Å². The van der Waals surface area contributed by atoms with E-state index in [2.05, 4.69) is 22.4 Å². The lowest BCUT2D eigenvalue weighted by Crippen LogP contribution is -2.18. The predicted octanol–water partition coefficient (Wildman–Crippen LogP) is 2.87. The highest BCUT2D eigenvalue weighted by atomic mass is 32.2. The van der Waals surface area contributed by atoms with Gasteiger partial charge in [-0.3, -0.25) is 0 Å². The van der Waals surface area contributed by atoms with E-state index in [1.165, 1.54) is 5.56 Å². The van der Waals surface area contributed by atoms with Gasteiger partial charge in [0.25, 0.3) is 5.22 Å². The topological polar surface area (TPSA) is 47.3 Å². The third-order valence-electron chi connectivity index (χ3n) is 2.57. The highest BCUT2D eigenvalue weighted by Crippen LogP contribution is 2.29. The maximum Gasteiger partial charge on any atom is 0.260 e. The Labute approximate surface area is 117 Å². The summed E-state index contributed by atoms with van der Waals surface area (Å²) in [5.41, 5.74) is 2.14. The van der Waals surface area contributed by atoms with E-state index >= 15 is 0 Å². The van der Waals surface area contributed by atoms with Crippen LogP contribution in [0.15, 0.2) is 45.1 Å². The average Bonchev–Trinajstić information content (AvgIpc) is 2.82. The van der Waals surface area contributed by atoms with Crippen LogP contribution in [0.3, 0.4) is 0 Å². The van der Waals surface area contributed by atoms with Crippen LogP contribution in [0.1, 0.15) is 11.3 Å². The molecule has 4 nitrogen and oxygen atoms in total. The third kappa shape index (κ3) is 4.38. The van der Waals surface area contributed by atoms with Crippen LogP contribution < -0.4 is 5.32 Å². The Hall–Kier alpha value is -1.30. The zero-order chi connectivity index (χ0) is 13.5. The van der Waals surface area contributed by atoms with Gasteiger partial charge in [0.05, 0.1) is 12.3 Å². The molecule has 0 bridgehead atoms. The maximum atomic E-state index is 5.38. The number of ether oxygens (including phenoxy) is 1. The average molecular weight is 278 g/mol. The molecule has 0 aliphatic rings. The summed E-state index contributed by atoms with van der Waals surface area (Å²) in [5, 5.41) is 4.03. The first-order valence-electron chi connectivity index (χ1n) is 6.17.